The fraction of sp³-hybridized carbons (Fsp3) is 0.303. The number of rotatable bonds is 7. The van der Waals surface area contributed by atoms with Crippen molar-refractivity contribution in [3.8, 4) is 11.3 Å². The van der Waals surface area contributed by atoms with E-state index in [9.17, 15) is 22.8 Å². The summed E-state index contributed by atoms with van der Waals surface area (Å²) in [6.07, 6.45) is 0.941. The van der Waals surface area contributed by atoms with E-state index in [0.717, 1.165) is 72.7 Å². The Balaban J connectivity index is 1.35. The first-order valence-corrected chi connectivity index (χ1v) is 15.1. The summed E-state index contributed by atoms with van der Waals surface area (Å²) in [7, 11) is 0. The zero-order valence-electron chi connectivity index (χ0n) is 22.9. The summed E-state index contributed by atoms with van der Waals surface area (Å²) in [6.45, 7) is 0.401. The van der Waals surface area contributed by atoms with Crippen LogP contribution in [0, 0.1) is 0 Å². The number of aromatic nitrogens is 2. The van der Waals surface area contributed by atoms with E-state index in [1.807, 2.05) is 48.5 Å². The van der Waals surface area contributed by atoms with E-state index < -0.39 is 17.6 Å². The number of nitrogens with one attached hydrogen (secondary N) is 1. The van der Waals surface area contributed by atoms with Gasteiger partial charge in [-0.3, -0.25) is 14.2 Å². The summed E-state index contributed by atoms with van der Waals surface area (Å²) in [5.41, 5.74) is 3.61. The van der Waals surface area contributed by atoms with Crippen molar-refractivity contribution in [2.24, 2.45) is 0 Å². The molecule has 0 unspecified atom stereocenters. The normalized spacial score (nSPS) is 15.3. The number of carbonyl (C=O) groups is 1. The summed E-state index contributed by atoms with van der Waals surface area (Å²) < 4.78 is 41.1. The number of halogens is 3. The molecule has 0 atom stereocenters. The van der Waals surface area contributed by atoms with Crippen LogP contribution in [0.1, 0.15) is 47.9 Å². The van der Waals surface area contributed by atoms with Crippen molar-refractivity contribution >= 4 is 23.4 Å². The molecule has 5 nitrogen and oxygen atoms in total. The Morgan fingerprint density at radius 1 is 0.976 bits per heavy atom. The Morgan fingerprint density at radius 3 is 2.48 bits per heavy atom. The second-order valence-electron chi connectivity index (χ2n) is 11.0. The second kappa shape index (κ2) is 11.4. The van der Waals surface area contributed by atoms with Crippen molar-refractivity contribution in [1.82, 2.24) is 9.55 Å². The molecule has 1 saturated carbocycles. The topological polar surface area (TPSA) is 64.0 Å². The molecule has 1 fully saturated rings. The quantitative estimate of drug-likeness (QED) is 0.182. The molecule has 0 saturated heterocycles. The van der Waals surface area contributed by atoms with Gasteiger partial charge in [0.2, 0.25) is 5.91 Å². The fourth-order valence-corrected chi connectivity index (χ4v) is 7.16. The van der Waals surface area contributed by atoms with E-state index in [-0.39, 0.29) is 22.4 Å². The van der Waals surface area contributed by atoms with Crippen molar-refractivity contribution in [1.29, 1.82) is 0 Å². The maximum absolute atomic E-state index is 14.4. The summed E-state index contributed by atoms with van der Waals surface area (Å²) in [5.74, 6) is -0.590. The summed E-state index contributed by atoms with van der Waals surface area (Å²) in [6, 6.07) is 22.5. The van der Waals surface area contributed by atoms with Crippen LogP contribution in [0.4, 0.5) is 18.9 Å². The van der Waals surface area contributed by atoms with Gasteiger partial charge in [-0.15, -0.1) is 0 Å². The Kier molecular flexibility index (Phi) is 7.70. The molecule has 1 N–H and O–H groups in total. The van der Waals surface area contributed by atoms with Gasteiger partial charge in [-0.25, -0.2) is 4.98 Å². The molecule has 2 aliphatic rings. The third-order valence-electron chi connectivity index (χ3n) is 8.30. The average molecular weight is 590 g/mol. The molecule has 9 heteroatoms. The van der Waals surface area contributed by atoms with Gasteiger partial charge in [-0.1, -0.05) is 85.3 Å². The SMILES string of the molecule is O=C(CSc1nc2c(c(=O)n1CCc1ccccc1)C1(CCCC1)Cc1ccccc1-2)Nc1cccc(C(F)(F)F)c1. The number of nitrogens with zero attached hydrogens (tertiary/aromatic N) is 2. The molecule has 0 radical (unpaired) electrons. The van der Waals surface area contributed by atoms with Gasteiger partial charge >= 0.3 is 6.18 Å². The first-order chi connectivity index (χ1) is 20.2. The number of aryl methyl sites for hydroxylation is 1. The molecule has 0 bridgehead atoms. The first kappa shape index (κ1) is 28.3. The predicted octanol–water partition coefficient (Wildman–Crippen LogP) is 7.27. The van der Waals surface area contributed by atoms with Gasteiger partial charge < -0.3 is 5.32 Å². The molecule has 2 aliphatic carbocycles. The van der Waals surface area contributed by atoms with Gasteiger partial charge in [0.1, 0.15) is 0 Å². The number of hydrogen-bond acceptors (Lipinski definition) is 4. The summed E-state index contributed by atoms with van der Waals surface area (Å²) in [5, 5.41) is 2.99. The molecule has 1 heterocycles. The molecular weight excluding hydrogens is 559 g/mol. The molecule has 6 rings (SSSR count). The van der Waals surface area contributed by atoms with Crippen LogP contribution in [0.25, 0.3) is 11.3 Å². The number of carbonyl (C=O) groups excluding carboxylic acids is 1. The fourth-order valence-electron chi connectivity index (χ4n) is 6.34. The number of amides is 1. The van der Waals surface area contributed by atoms with Crippen molar-refractivity contribution < 1.29 is 18.0 Å². The first-order valence-electron chi connectivity index (χ1n) is 14.1. The van der Waals surface area contributed by atoms with Crippen LogP contribution >= 0.6 is 11.8 Å². The van der Waals surface area contributed by atoms with E-state index in [1.165, 1.54) is 17.7 Å². The maximum Gasteiger partial charge on any atom is 0.416 e. The number of thioether (sulfide) groups is 1. The zero-order chi connectivity index (χ0) is 29.3. The highest BCUT2D eigenvalue weighted by atomic mass is 32.2. The maximum atomic E-state index is 14.4. The highest BCUT2D eigenvalue weighted by molar-refractivity contribution is 7.99. The smallest absolute Gasteiger partial charge is 0.325 e. The van der Waals surface area contributed by atoms with Gasteiger partial charge in [0.25, 0.3) is 5.56 Å². The largest absolute Gasteiger partial charge is 0.416 e. The van der Waals surface area contributed by atoms with E-state index in [0.29, 0.717) is 23.8 Å². The standard InChI is InChI=1S/C33H30F3N3O2S/c34-33(35,36)24-12-8-13-25(19-24)37-27(40)21-42-31-38-29-26-14-5-4-11-23(26)20-32(16-6-7-17-32)28(29)30(41)39(31)18-15-22-9-2-1-3-10-22/h1-5,8-14,19H,6-7,15-18,20-21H2,(H,37,40). The molecule has 3 aromatic carbocycles. The number of fused-ring (bicyclic) bond motifs is 4. The molecule has 1 amide bonds. The Hall–Kier alpha value is -3.85. The molecular formula is C33H30F3N3O2S. The van der Waals surface area contributed by atoms with Gasteiger partial charge in [0.05, 0.1) is 22.6 Å². The molecule has 1 spiro atoms. The van der Waals surface area contributed by atoms with Crippen LogP contribution in [0.3, 0.4) is 0 Å². The lowest BCUT2D eigenvalue weighted by Gasteiger charge is -2.36. The van der Waals surface area contributed by atoms with Crippen molar-refractivity contribution in [2.75, 3.05) is 11.1 Å². The number of anilines is 1. The van der Waals surface area contributed by atoms with Crippen LogP contribution in [0.2, 0.25) is 0 Å². The van der Waals surface area contributed by atoms with E-state index in [1.54, 1.807) is 4.57 Å². The lowest BCUT2D eigenvalue weighted by Crippen LogP contribution is -2.40. The average Bonchev–Trinajstić information content (AvgIpc) is 3.44. The van der Waals surface area contributed by atoms with Gasteiger partial charge in [-0.05, 0) is 55.0 Å². The van der Waals surface area contributed by atoms with Crippen LogP contribution in [0.15, 0.2) is 88.8 Å². The highest BCUT2D eigenvalue weighted by Crippen LogP contribution is 2.50. The number of hydrogen-bond donors (Lipinski definition) is 1. The van der Waals surface area contributed by atoms with Gasteiger partial charge in [-0.2, -0.15) is 13.2 Å². The lowest BCUT2D eigenvalue weighted by molar-refractivity contribution is -0.137. The minimum atomic E-state index is -4.51. The Bertz CT molecular complexity index is 1680. The van der Waals surface area contributed by atoms with E-state index in [4.69, 9.17) is 4.98 Å². The predicted molar refractivity (Wildman–Crippen MR) is 159 cm³/mol. The summed E-state index contributed by atoms with van der Waals surface area (Å²) >= 11 is 1.13. The molecule has 216 valence electrons. The molecule has 1 aromatic heterocycles. The third-order valence-corrected chi connectivity index (χ3v) is 9.28. The summed E-state index contributed by atoms with van der Waals surface area (Å²) in [4.78, 5) is 32.4. The molecule has 42 heavy (non-hydrogen) atoms. The van der Waals surface area contributed by atoms with Crippen LogP contribution in [-0.4, -0.2) is 21.2 Å². The second-order valence-corrected chi connectivity index (χ2v) is 12.0. The minimum Gasteiger partial charge on any atom is -0.325 e. The zero-order valence-corrected chi connectivity index (χ0v) is 23.7. The van der Waals surface area contributed by atoms with Crippen molar-refractivity contribution in [2.45, 2.75) is 61.8 Å². The van der Waals surface area contributed by atoms with Gasteiger partial charge in [0.15, 0.2) is 5.16 Å². The molecule has 0 aliphatic heterocycles. The minimum absolute atomic E-state index is 0.0619. The number of benzene rings is 3. The third kappa shape index (κ3) is 5.62. The number of alkyl halides is 3. The van der Waals surface area contributed by atoms with Crippen LogP contribution in [0.5, 0.6) is 0 Å². The monoisotopic (exact) mass is 589 g/mol. The van der Waals surface area contributed by atoms with Crippen molar-refractivity contribution in [3.05, 3.63) is 111 Å². The van der Waals surface area contributed by atoms with Crippen LogP contribution < -0.4 is 10.9 Å². The van der Waals surface area contributed by atoms with Crippen LogP contribution in [-0.2, 0) is 35.8 Å². The molecule has 4 aromatic rings. The van der Waals surface area contributed by atoms with E-state index in [2.05, 4.69) is 11.4 Å². The van der Waals surface area contributed by atoms with Gasteiger partial charge in [0, 0.05) is 23.2 Å². The highest BCUT2D eigenvalue weighted by Gasteiger charge is 2.44. The Labute approximate surface area is 246 Å². The van der Waals surface area contributed by atoms with Crippen molar-refractivity contribution in [3.63, 3.8) is 0 Å². The Morgan fingerprint density at radius 2 is 1.71 bits per heavy atom. The lowest BCUT2D eigenvalue weighted by atomic mass is 9.68. The van der Waals surface area contributed by atoms with E-state index >= 15 is 0 Å².